The van der Waals surface area contributed by atoms with Gasteiger partial charge in [-0.05, 0) is 38.0 Å². The molecule has 3 aromatic rings. The number of likely N-dealkylation sites (tertiary alicyclic amines) is 1. The molecule has 2 aromatic heterocycles. The number of hydrogen-bond donors (Lipinski definition) is 2. The molecule has 10 heteroatoms. The fourth-order valence-corrected chi connectivity index (χ4v) is 4.85. The standard InChI is InChI=1S/C23H24N4O4.CH2O2/c1-15-10-16(11-20(28)25-15)21(29)26-8-6-23(7-9-26)12-17(31-22(23)30)13-27-14-24-18-4-2-3-5-19(18)27;2-1-3/h2-5,10-11,14,17H,6-9,12-13H2,1H3,(H,25,28);1H,(H,2,3). The summed E-state index contributed by atoms with van der Waals surface area (Å²) in [5.41, 5.74) is 2.15. The highest BCUT2D eigenvalue weighted by Gasteiger charge is 2.50. The fraction of sp³-hybridized carbons (Fsp3) is 0.375. The van der Waals surface area contributed by atoms with Gasteiger partial charge in [-0.1, -0.05) is 12.1 Å². The zero-order valence-electron chi connectivity index (χ0n) is 18.8. The van der Waals surface area contributed by atoms with Gasteiger partial charge in [-0.15, -0.1) is 0 Å². The third-order valence-electron chi connectivity index (χ3n) is 6.49. The number of fused-ring (bicyclic) bond motifs is 1. The van der Waals surface area contributed by atoms with Crippen molar-refractivity contribution in [1.82, 2.24) is 19.4 Å². The molecule has 10 nitrogen and oxygen atoms in total. The second-order valence-electron chi connectivity index (χ2n) is 8.71. The van der Waals surface area contributed by atoms with Gasteiger partial charge in [0.1, 0.15) is 6.10 Å². The number of para-hydroxylation sites is 2. The molecular formula is C24H26N4O6. The van der Waals surface area contributed by atoms with Gasteiger partial charge in [-0.3, -0.25) is 19.2 Å². The molecule has 5 rings (SSSR count). The van der Waals surface area contributed by atoms with Crippen molar-refractivity contribution in [2.75, 3.05) is 13.1 Å². The van der Waals surface area contributed by atoms with Crippen molar-refractivity contribution < 1.29 is 24.2 Å². The number of nitrogens with one attached hydrogen (secondary N) is 1. The number of cyclic esters (lactones) is 1. The van der Waals surface area contributed by atoms with E-state index < -0.39 is 5.41 Å². The van der Waals surface area contributed by atoms with E-state index in [9.17, 15) is 14.4 Å². The fourth-order valence-electron chi connectivity index (χ4n) is 4.85. The highest BCUT2D eigenvalue weighted by molar-refractivity contribution is 5.94. The van der Waals surface area contributed by atoms with Crippen LogP contribution in [0.1, 0.15) is 35.3 Å². The number of aromatic nitrogens is 3. The first-order valence-corrected chi connectivity index (χ1v) is 11.0. The van der Waals surface area contributed by atoms with Gasteiger partial charge in [0.05, 0.1) is 29.3 Å². The molecule has 2 aliphatic heterocycles. The van der Waals surface area contributed by atoms with Crippen molar-refractivity contribution in [3.8, 4) is 0 Å². The van der Waals surface area contributed by atoms with E-state index in [0.717, 1.165) is 11.0 Å². The minimum Gasteiger partial charge on any atom is -0.483 e. The van der Waals surface area contributed by atoms with Gasteiger partial charge in [0.25, 0.3) is 12.4 Å². The first kappa shape index (κ1) is 23.2. The molecule has 0 bridgehead atoms. The number of carbonyl (C=O) groups excluding carboxylic acids is 2. The number of ether oxygens (including phenoxy) is 1. The largest absolute Gasteiger partial charge is 0.483 e. The maximum Gasteiger partial charge on any atom is 0.312 e. The second kappa shape index (κ2) is 9.50. The Morgan fingerprint density at radius 2 is 1.97 bits per heavy atom. The van der Waals surface area contributed by atoms with E-state index >= 15 is 0 Å². The van der Waals surface area contributed by atoms with Crippen LogP contribution in [-0.2, 0) is 20.9 Å². The number of imidazole rings is 1. The third-order valence-corrected chi connectivity index (χ3v) is 6.49. The Labute approximate surface area is 195 Å². The zero-order chi connectivity index (χ0) is 24.3. The predicted octanol–water partition coefficient (Wildman–Crippen LogP) is 1.97. The Hall–Kier alpha value is -3.95. The van der Waals surface area contributed by atoms with Crippen molar-refractivity contribution in [2.45, 2.75) is 38.8 Å². The smallest absolute Gasteiger partial charge is 0.312 e. The summed E-state index contributed by atoms with van der Waals surface area (Å²) in [6.45, 7) is 3.02. The van der Waals surface area contributed by atoms with Gasteiger partial charge in [0, 0.05) is 36.8 Å². The molecule has 0 aliphatic carbocycles. The van der Waals surface area contributed by atoms with Crippen molar-refractivity contribution >= 4 is 29.4 Å². The molecule has 4 heterocycles. The van der Waals surface area contributed by atoms with Gasteiger partial charge in [-0.2, -0.15) is 0 Å². The van der Waals surface area contributed by atoms with E-state index in [-0.39, 0.29) is 30.0 Å². The molecule has 2 saturated heterocycles. The number of pyridine rings is 1. The van der Waals surface area contributed by atoms with Crippen LogP contribution in [0.4, 0.5) is 0 Å². The molecule has 1 amide bonds. The lowest BCUT2D eigenvalue weighted by molar-refractivity contribution is -0.150. The van der Waals surface area contributed by atoms with Crippen LogP contribution in [0.15, 0.2) is 47.5 Å². The molecule has 2 fully saturated rings. The number of esters is 1. The lowest BCUT2D eigenvalue weighted by atomic mass is 9.76. The summed E-state index contributed by atoms with van der Waals surface area (Å²) < 4.78 is 7.78. The Balaban J connectivity index is 0.000000868. The Morgan fingerprint density at radius 1 is 1.26 bits per heavy atom. The van der Waals surface area contributed by atoms with Crippen molar-refractivity contribution in [1.29, 1.82) is 0 Å². The lowest BCUT2D eigenvalue weighted by Gasteiger charge is -2.36. The van der Waals surface area contributed by atoms with Crippen molar-refractivity contribution in [3.05, 3.63) is 64.3 Å². The molecule has 0 saturated carbocycles. The van der Waals surface area contributed by atoms with Crippen LogP contribution in [0.5, 0.6) is 0 Å². The summed E-state index contributed by atoms with van der Waals surface area (Å²) in [5.74, 6) is -0.335. The monoisotopic (exact) mass is 466 g/mol. The van der Waals surface area contributed by atoms with E-state index in [4.69, 9.17) is 14.6 Å². The quantitative estimate of drug-likeness (QED) is 0.445. The first-order valence-electron chi connectivity index (χ1n) is 11.0. The van der Waals surface area contributed by atoms with Gasteiger partial charge in [0.2, 0.25) is 5.56 Å². The molecule has 34 heavy (non-hydrogen) atoms. The second-order valence-corrected chi connectivity index (χ2v) is 8.71. The molecule has 178 valence electrons. The van der Waals surface area contributed by atoms with Crippen LogP contribution < -0.4 is 5.56 Å². The zero-order valence-corrected chi connectivity index (χ0v) is 18.8. The highest BCUT2D eigenvalue weighted by atomic mass is 16.6. The molecule has 0 radical (unpaired) electrons. The minimum absolute atomic E-state index is 0.166. The van der Waals surface area contributed by atoms with E-state index in [0.29, 0.717) is 50.2 Å². The number of amides is 1. The van der Waals surface area contributed by atoms with Crippen molar-refractivity contribution in [2.24, 2.45) is 5.41 Å². The molecular weight excluding hydrogens is 440 g/mol. The highest BCUT2D eigenvalue weighted by Crippen LogP contribution is 2.43. The van der Waals surface area contributed by atoms with Crippen LogP contribution in [-0.4, -0.2) is 62.1 Å². The minimum atomic E-state index is -0.540. The molecule has 2 N–H and O–H groups in total. The number of rotatable bonds is 3. The summed E-state index contributed by atoms with van der Waals surface area (Å²) in [6, 6.07) is 10.9. The Morgan fingerprint density at radius 3 is 2.68 bits per heavy atom. The average Bonchev–Trinajstić information content (AvgIpc) is 3.34. The SMILES string of the molecule is Cc1cc(C(=O)N2CCC3(CC2)CC(Cn2cnc4ccccc42)OC3=O)cc(=O)[nH]1.O=CO. The topological polar surface area (TPSA) is 135 Å². The van der Waals surface area contributed by atoms with Crippen LogP contribution in [0, 0.1) is 12.3 Å². The number of H-pyrrole nitrogens is 1. The summed E-state index contributed by atoms with van der Waals surface area (Å²) >= 11 is 0. The number of aromatic amines is 1. The molecule has 1 unspecified atom stereocenters. The summed E-state index contributed by atoms with van der Waals surface area (Å²) in [7, 11) is 0. The summed E-state index contributed by atoms with van der Waals surface area (Å²) in [5, 5.41) is 6.89. The Bertz CT molecular complexity index is 1270. The summed E-state index contributed by atoms with van der Waals surface area (Å²) in [4.78, 5) is 54.5. The number of carbonyl (C=O) groups is 3. The van der Waals surface area contributed by atoms with E-state index in [1.807, 2.05) is 28.8 Å². The number of hydrogen-bond acceptors (Lipinski definition) is 6. The van der Waals surface area contributed by atoms with Crippen LogP contribution in [0.2, 0.25) is 0 Å². The van der Waals surface area contributed by atoms with Gasteiger partial charge >= 0.3 is 5.97 Å². The molecule has 2 aliphatic rings. The van der Waals surface area contributed by atoms with E-state index in [2.05, 4.69) is 9.97 Å². The van der Waals surface area contributed by atoms with Crippen molar-refractivity contribution in [3.63, 3.8) is 0 Å². The molecule has 1 spiro atoms. The summed E-state index contributed by atoms with van der Waals surface area (Å²) in [6.07, 6.45) is 3.36. The van der Waals surface area contributed by atoms with Gasteiger partial charge < -0.3 is 24.3 Å². The number of carboxylic acid groups (broad SMARTS) is 1. The normalized spacial score (nSPS) is 18.9. The number of benzene rings is 1. The van der Waals surface area contributed by atoms with Gasteiger partial charge in [-0.25, -0.2) is 4.98 Å². The predicted molar refractivity (Wildman–Crippen MR) is 122 cm³/mol. The van der Waals surface area contributed by atoms with Crippen LogP contribution in [0.25, 0.3) is 11.0 Å². The van der Waals surface area contributed by atoms with E-state index in [1.54, 1.807) is 24.2 Å². The third kappa shape index (κ3) is 4.57. The first-order chi connectivity index (χ1) is 16.3. The number of nitrogens with zero attached hydrogens (tertiary/aromatic N) is 3. The average molecular weight is 466 g/mol. The Kier molecular flexibility index (Phi) is 6.49. The lowest BCUT2D eigenvalue weighted by Crippen LogP contribution is -2.45. The van der Waals surface area contributed by atoms with Crippen LogP contribution in [0.3, 0.4) is 0 Å². The maximum atomic E-state index is 12.8. The maximum absolute atomic E-state index is 12.8. The molecule has 1 aromatic carbocycles. The van der Waals surface area contributed by atoms with Gasteiger partial charge in [0.15, 0.2) is 0 Å². The van der Waals surface area contributed by atoms with E-state index in [1.165, 1.54) is 6.07 Å². The molecule has 1 atom stereocenters. The van der Waals surface area contributed by atoms with Crippen LogP contribution >= 0.6 is 0 Å². The number of aryl methyl sites for hydroxylation is 1. The number of piperidine rings is 1.